The smallest absolute Gasteiger partial charge is 0.407 e. The molecule has 0 saturated heterocycles. The van der Waals surface area contributed by atoms with Gasteiger partial charge in [0.1, 0.15) is 106 Å². The van der Waals surface area contributed by atoms with Crippen molar-refractivity contribution in [1.82, 2.24) is 29.7 Å². The Morgan fingerprint density at radius 3 is 0.510 bits per heavy atom. The molecule has 0 aliphatic carbocycles. The van der Waals surface area contributed by atoms with E-state index >= 15 is 0 Å². The van der Waals surface area contributed by atoms with Crippen molar-refractivity contribution in [3.05, 3.63) is 221 Å². The Morgan fingerprint density at radius 1 is 0.218 bits per heavy atom. The monoisotopic (exact) mass is 2080 g/mol. The number of aromatic nitrogens is 3. The molecule has 0 saturated carbocycles. The number of hydrogen-bond acceptors (Lipinski definition) is 42. The first-order valence-corrected chi connectivity index (χ1v) is 45.7. The van der Waals surface area contributed by atoms with E-state index < -0.39 is 317 Å². The lowest BCUT2D eigenvalue weighted by molar-refractivity contribution is -0.174. The molecule has 1 aromatic rings. The van der Waals surface area contributed by atoms with Crippen LogP contribution in [0.5, 0.6) is 0 Å². The molecular formula is C99H136N6O42. The second-order valence-electron chi connectivity index (χ2n) is 33.0. The average molecular weight is 2080 g/mol. The van der Waals surface area contributed by atoms with E-state index in [0.29, 0.717) is 38.5 Å². The number of carbonyl (C=O) groups excluding carboxylic acids is 16. The number of hydrogen-bond donors (Lipinski definition) is 5. The Labute approximate surface area is 849 Å². The standard InChI is InChI=1S/C99H136N6O42/c1-16-73(106)130-55-94(56-131-74(107)17-2,57-132-75(108)18-3)49-127-52-97(64-139-82(115)25-10,65-140-83(116)26-11)70-145-88(121)100-43-37-31-34-40-46-103-91(124)104(47-41-35-32-38-44-101-89(122)146-71-98(66-141-84(117)27-12,67-142-85(118)28-13)53-128-50-95(58-133-76(109)19-4,59-134-77(110)20-5)60-135-78(111)21-6)93(126)105(92(103)125)48-42-36-33-39-45-102-90(123)147-72-99(68-143-86(119)29-14,69-144-87(120)30-15)54-129-51-96(61-136-79(112)22-7,62-137-80(113)23-8)63-138-81(114)24-9/h16-30,82,84,115,117H,1-15,31-72H2,(H,100,121)(H,101,122)(H,102,123). The molecule has 0 fully saturated rings. The Hall–Kier alpha value is -14.9. The maximum Gasteiger partial charge on any atom is 0.407 e. The van der Waals surface area contributed by atoms with E-state index in [0.717, 1.165) is 105 Å². The topological polar surface area (TPSA) is 610 Å². The molecule has 4 atom stereocenters. The largest absolute Gasteiger partial charge is 0.462 e. The van der Waals surface area contributed by atoms with Crippen LogP contribution in [0.4, 0.5) is 14.4 Å². The fourth-order valence-electron chi connectivity index (χ4n) is 12.2. The second-order valence-corrected chi connectivity index (χ2v) is 33.0. The third kappa shape index (κ3) is 54.1. The van der Waals surface area contributed by atoms with Gasteiger partial charge in [-0.15, -0.1) is 0 Å². The van der Waals surface area contributed by atoms with Crippen LogP contribution in [0.2, 0.25) is 0 Å². The van der Waals surface area contributed by atoms with Crippen molar-refractivity contribution in [3.63, 3.8) is 0 Å². The molecule has 1 rings (SSSR count). The molecule has 48 nitrogen and oxygen atoms in total. The number of amides is 3. The summed E-state index contributed by atoms with van der Waals surface area (Å²) in [6, 6.07) is 0. The van der Waals surface area contributed by atoms with Crippen LogP contribution in [0.1, 0.15) is 77.0 Å². The summed E-state index contributed by atoms with van der Waals surface area (Å²) >= 11 is 0. The lowest BCUT2D eigenvalue weighted by atomic mass is 9.90. The Balaban J connectivity index is 3.76. The van der Waals surface area contributed by atoms with Crippen molar-refractivity contribution in [3.8, 4) is 0 Å². The van der Waals surface area contributed by atoms with Crippen LogP contribution in [0.15, 0.2) is 204 Å². The van der Waals surface area contributed by atoms with Crippen LogP contribution < -0.4 is 33.0 Å². The summed E-state index contributed by atoms with van der Waals surface area (Å²) in [5.74, 6) is -12.2. The maximum atomic E-state index is 14.4. The highest BCUT2D eigenvalue weighted by Crippen LogP contribution is 2.31. The minimum absolute atomic E-state index is 0.0274. The number of aliphatic hydroxyl groups is 2. The Kier molecular flexibility index (Phi) is 64.9. The van der Waals surface area contributed by atoms with Gasteiger partial charge in [0.05, 0.1) is 85.3 Å². The van der Waals surface area contributed by atoms with Gasteiger partial charge in [-0.25, -0.2) is 105 Å². The van der Waals surface area contributed by atoms with Gasteiger partial charge in [-0.2, -0.15) is 0 Å². The SMILES string of the molecule is C=CC(=O)OCC(COCC(COC(=O)C=C)(COC(=O)C=C)COC(=O)NCCCCCCn1c(=O)n(CCCCCCNC(=O)OCC(COCC(COC(=O)C=C)(COC(=O)C=C)COC(=O)C=C)(COC(=O)C=C)COC(O)C=C)c(=O)n(CCCCCCNC(=O)OCC(COCC(COC(=O)C=C)(COC(=O)C=C)COC(=O)C=C)(COC(=O)C=C)COC(O)C=C)c1=O)(COC(=O)C=C)COC(=O)C=C. The molecule has 814 valence electrons. The first kappa shape index (κ1) is 130. The fraction of sp³-hybridized carbons (Fsp3) is 0.505. The second kappa shape index (κ2) is 73.3. The molecule has 0 aliphatic heterocycles. The highest BCUT2D eigenvalue weighted by Gasteiger charge is 2.45. The summed E-state index contributed by atoms with van der Waals surface area (Å²) < 4.78 is 118. The molecule has 1 heterocycles. The molecule has 147 heavy (non-hydrogen) atoms. The summed E-state index contributed by atoms with van der Waals surface area (Å²) in [6.45, 7) is 35.3. The number of nitrogens with zero attached hydrogens (tertiary/aromatic N) is 3. The quantitative estimate of drug-likeness (QED) is 0.0149. The molecular weight excluding hydrogens is 1950 g/mol. The van der Waals surface area contributed by atoms with E-state index in [1.54, 1.807) is 0 Å². The lowest BCUT2D eigenvalue weighted by Crippen LogP contribution is -2.54. The average Bonchev–Trinajstić information content (AvgIpc) is 0.781. The third-order valence-corrected chi connectivity index (χ3v) is 20.6. The summed E-state index contributed by atoms with van der Waals surface area (Å²) in [4.78, 5) is 245. The van der Waals surface area contributed by atoms with Gasteiger partial charge in [-0.05, 0) is 50.7 Å². The van der Waals surface area contributed by atoms with Crippen LogP contribution in [0, 0.1) is 32.5 Å². The van der Waals surface area contributed by atoms with Crippen LogP contribution in [0.3, 0.4) is 0 Å². The summed E-state index contributed by atoms with van der Waals surface area (Å²) in [5.41, 5.74) is -13.0. The number of rotatable bonds is 86. The van der Waals surface area contributed by atoms with Crippen molar-refractivity contribution in [2.24, 2.45) is 32.5 Å². The summed E-state index contributed by atoms with van der Waals surface area (Å²) in [7, 11) is 0. The predicted molar refractivity (Wildman–Crippen MR) is 519 cm³/mol. The number of aliphatic hydroxyl groups excluding tert-OH is 2. The van der Waals surface area contributed by atoms with Crippen LogP contribution in [-0.4, -0.2) is 311 Å². The third-order valence-electron chi connectivity index (χ3n) is 20.6. The molecule has 3 amide bonds. The van der Waals surface area contributed by atoms with Gasteiger partial charge in [-0.3, -0.25) is 0 Å². The van der Waals surface area contributed by atoms with Crippen molar-refractivity contribution in [2.45, 2.75) is 109 Å². The molecule has 48 heteroatoms. The van der Waals surface area contributed by atoms with Gasteiger partial charge in [0.25, 0.3) is 0 Å². The first-order valence-electron chi connectivity index (χ1n) is 45.7. The summed E-state index contributed by atoms with van der Waals surface area (Å²) in [6.07, 6.45) is 9.94. The number of alkyl carbamates (subject to hydrolysis) is 3. The van der Waals surface area contributed by atoms with Gasteiger partial charge < -0.3 is 126 Å². The van der Waals surface area contributed by atoms with Crippen molar-refractivity contribution in [1.29, 1.82) is 0 Å². The Bertz CT molecular complexity index is 4440. The van der Waals surface area contributed by atoms with Gasteiger partial charge in [0.15, 0.2) is 12.6 Å². The Morgan fingerprint density at radius 2 is 0.361 bits per heavy atom. The molecule has 0 aliphatic rings. The molecule has 0 aromatic carbocycles. The number of ether oxygens (including phenoxy) is 21. The van der Waals surface area contributed by atoms with E-state index in [1.165, 1.54) is 0 Å². The minimum atomic E-state index is -1.76. The molecule has 0 spiro atoms. The van der Waals surface area contributed by atoms with Crippen molar-refractivity contribution in [2.75, 3.05) is 178 Å². The number of carbonyl (C=O) groups is 16. The zero-order chi connectivity index (χ0) is 110. The highest BCUT2D eigenvalue weighted by molar-refractivity contribution is 5.86. The van der Waals surface area contributed by atoms with Crippen molar-refractivity contribution >= 4 is 95.9 Å². The summed E-state index contributed by atoms with van der Waals surface area (Å²) in [5, 5.41) is 28.6. The molecule has 0 bridgehead atoms. The first-order chi connectivity index (χ1) is 70.1. The van der Waals surface area contributed by atoms with Crippen LogP contribution >= 0.6 is 0 Å². The zero-order valence-electron chi connectivity index (χ0n) is 82.7. The molecule has 4 unspecified atom stereocenters. The van der Waals surface area contributed by atoms with E-state index in [2.05, 4.69) is 115 Å². The van der Waals surface area contributed by atoms with Gasteiger partial charge >= 0.3 is 113 Å². The van der Waals surface area contributed by atoms with Crippen LogP contribution in [-0.2, 0) is 181 Å². The van der Waals surface area contributed by atoms with Crippen LogP contribution in [0.25, 0.3) is 0 Å². The predicted octanol–water partition coefficient (Wildman–Crippen LogP) is 4.52. The maximum absolute atomic E-state index is 14.4. The van der Waals surface area contributed by atoms with E-state index in [9.17, 15) is 101 Å². The van der Waals surface area contributed by atoms with E-state index in [1.807, 2.05) is 0 Å². The lowest BCUT2D eigenvalue weighted by Gasteiger charge is -2.35. The molecule has 5 N–H and O–H groups in total. The zero-order valence-corrected chi connectivity index (χ0v) is 82.7. The number of unbranched alkanes of at least 4 members (excludes halogenated alkanes) is 9. The van der Waals surface area contributed by atoms with Gasteiger partial charge in [0.2, 0.25) is 0 Å². The normalized spacial score (nSPS) is 12.2. The van der Waals surface area contributed by atoms with Crippen molar-refractivity contribution < 1.29 is 186 Å². The van der Waals surface area contributed by atoms with Gasteiger partial charge in [-0.1, -0.05) is 137 Å². The number of esters is 13. The van der Waals surface area contributed by atoms with E-state index in [-0.39, 0.29) is 77.8 Å². The fourth-order valence-corrected chi connectivity index (χ4v) is 12.2. The number of nitrogens with one attached hydrogen (secondary N) is 3. The molecule has 0 radical (unpaired) electrons. The highest BCUT2D eigenvalue weighted by atomic mass is 16.6. The van der Waals surface area contributed by atoms with Gasteiger partial charge in [0, 0.05) is 118 Å². The molecule has 1 aromatic heterocycles. The van der Waals surface area contributed by atoms with E-state index in [4.69, 9.17) is 99.5 Å². The minimum Gasteiger partial charge on any atom is -0.462 e.